The third-order valence-corrected chi connectivity index (χ3v) is 5.28. The summed E-state index contributed by atoms with van der Waals surface area (Å²) in [5.41, 5.74) is 0.543. The zero-order valence-corrected chi connectivity index (χ0v) is 15.3. The summed E-state index contributed by atoms with van der Waals surface area (Å²) in [5.74, 6) is -0.0879. The van der Waals surface area contributed by atoms with Gasteiger partial charge in [-0.05, 0) is 43.5 Å². The molecule has 6 nitrogen and oxygen atoms in total. The van der Waals surface area contributed by atoms with Crippen LogP contribution in [0.25, 0.3) is 0 Å². The summed E-state index contributed by atoms with van der Waals surface area (Å²) in [7, 11) is -3.42. The topological polar surface area (TPSA) is 75.7 Å². The van der Waals surface area contributed by atoms with Crippen molar-refractivity contribution < 1.29 is 17.9 Å². The molecule has 0 spiro atoms. The van der Waals surface area contributed by atoms with E-state index in [2.05, 4.69) is 5.32 Å². The van der Waals surface area contributed by atoms with Gasteiger partial charge in [0.15, 0.2) is 0 Å². The van der Waals surface area contributed by atoms with Crippen LogP contribution in [0, 0.1) is 0 Å². The van der Waals surface area contributed by atoms with Crippen LogP contribution in [0.15, 0.2) is 24.3 Å². The number of anilines is 1. The van der Waals surface area contributed by atoms with Crippen molar-refractivity contribution in [2.24, 2.45) is 0 Å². The van der Waals surface area contributed by atoms with Crippen molar-refractivity contribution in [3.05, 3.63) is 29.3 Å². The Morgan fingerprint density at radius 2 is 2.08 bits per heavy atom. The maximum Gasteiger partial charge on any atom is 0.232 e. The van der Waals surface area contributed by atoms with Gasteiger partial charge < -0.3 is 10.1 Å². The summed E-state index contributed by atoms with van der Waals surface area (Å²) in [6, 6.07) is 6.59. The lowest BCUT2D eigenvalue weighted by molar-refractivity contribution is -0.121. The van der Waals surface area contributed by atoms with Crippen molar-refractivity contribution in [2.75, 3.05) is 30.3 Å². The number of hydrogen-bond donors (Lipinski definition) is 1. The second-order valence-electron chi connectivity index (χ2n) is 5.85. The molecule has 1 aromatic carbocycles. The Hall–Kier alpha value is -1.31. The number of carbonyl (C=O) groups is 1. The molecule has 0 aliphatic carbocycles. The maximum atomic E-state index is 12.0. The van der Waals surface area contributed by atoms with Crippen LogP contribution in [0.4, 0.5) is 5.69 Å². The Morgan fingerprint density at radius 3 is 2.67 bits per heavy atom. The molecule has 1 unspecified atom stereocenters. The fourth-order valence-corrected chi connectivity index (χ4v) is 3.69. The number of ether oxygens (including phenoxy) is 1. The number of nitrogens with one attached hydrogen (secondary N) is 1. The van der Waals surface area contributed by atoms with Gasteiger partial charge in [0.1, 0.15) is 0 Å². The van der Waals surface area contributed by atoms with Gasteiger partial charge in [-0.2, -0.15) is 0 Å². The minimum Gasteiger partial charge on any atom is -0.376 e. The van der Waals surface area contributed by atoms with Gasteiger partial charge in [0.25, 0.3) is 0 Å². The number of nitrogens with zero attached hydrogens (tertiary/aromatic N) is 1. The minimum atomic E-state index is -3.42. The number of amides is 1. The lowest BCUT2D eigenvalue weighted by Crippen LogP contribution is -2.34. The molecule has 1 saturated heterocycles. The van der Waals surface area contributed by atoms with E-state index in [1.807, 2.05) is 0 Å². The van der Waals surface area contributed by atoms with Gasteiger partial charge in [0.05, 0.1) is 18.0 Å². The van der Waals surface area contributed by atoms with Gasteiger partial charge in [-0.3, -0.25) is 9.10 Å². The molecule has 2 rings (SSSR count). The Bertz CT molecular complexity index is 643. The van der Waals surface area contributed by atoms with Crippen LogP contribution < -0.4 is 9.62 Å². The highest BCUT2D eigenvalue weighted by Gasteiger charge is 2.18. The maximum absolute atomic E-state index is 12.0. The molecule has 0 aromatic heterocycles. The van der Waals surface area contributed by atoms with Crippen molar-refractivity contribution in [1.82, 2.24) is 5.32 Å². The molecule has 1 N–H and O–H groups in total. The van der Waals surface area contributed by atoms with Crippen molar-refractivity contribution in [1.29, 1.82) is 0 Å². The van der Waals surface area contributed by atoms with E-state index in [1.54, 1.807) is 24.3 Å². The quantitative estimate of drug-likeness (QED) is 0.756. The first kappa shape index (κ1) is 19.0. The third-order valence-electron chi connectivity index (χ3n) is 3.83. The molecular weight excluding hydrogens is 352 g/mol. The third kappa shape index (κ3) is 5.96. The molecule has 1 aromatic rings. The lowest BCUT2D eigenvalue weighted by atomic mass is 10.2. The number of halogens is 1. The molecule has 1 fully saturated rings. The van der Waals surface area contributed by atoms with Crippen LogP contribution in [0.2, 0.25) is 5.02 Å². The fraction of sp³-hybridized carbons (Fsp3) is 0.562. The minimum absolute atomic E-state index is 0.0879. The SMILES string of the molecule is CS(=O)(=O)N(CCCC(=O)NCC1CCCO1)c1ccc(Cl)cc1. The van der Waals surface area contributed by atoms with Crippen LogP contribution >= 0.6 is 11.6 Å². The van der Waals surface area contributed by atoms with Crippen LogP contribution in [-0.2, 0) is 19.6 Å². The van der Waals surface area contributed by atoms with E-state index < -0.39 is 10.0 Å². The van der Waals surface area contributed by atoms with E-state index in [0.717, 1.165) is 25.7 Å². The Balaban J connectivity index is 1.82. The Labute approximate surface area is 148 Å². The number of carbonyl (C=O) groups excluding carboxylic acids is 1. The first-order chi connectivity index (χ1) is 11.4. The fourth-order valence-electron chi connectivity index (χ4n) is 2.60. The molecule has 1 amide bonds. The molecule has 1 atom stereocenters. The summed E-state index contributed by atoms with van der Waals surface area (Å²) in [6.07, 6.45) is 3.97. The summed E-state index contributed by atoms with van der Waals surface area (Å²) >= 11 is 5.83. The average molecular weight is 375 g/mol. The molecule has 1 aliphatic heterocycles. The molecule has 0 saturated carbocycles. The standard InChI is InChI=1S/C16H23ClN2O4S/c1-24(21,22)19(14-8-6-13(17)7-9-14)10-2-5-16(20)18-12-15-4-3-11-23-15/h6-9,15H,2-5,10-12H2,1H3,(H,18,20). The molecule has 8 heteroatoms. The first-order valence-electron chi connectivity index (χ1n) is 7.98. The summed E-state index contributed by atoms with van der Waals surface area (Å²) in [6.45, 7) is 1.52. The van der Waals surface area contributed by atoms with Gasteiger partial charge in [-0.15, -0.1) is 0 Å². The molecule has 0 radical (unpaired) electrons. The smallest absolute Gasteiger partial charge is 0.232 e. The summed E-state index contributed by atoms with van der Waals surface area (Å²) in [5, 5.41) is 3.38. The Morgan fingerprint density at radius 1 is 1.38 bits per heavy atom. The van der Waals surface area contributed by atoms with E-state index in [-0.39, 0.29) is 25.0 Å². The van der Waals surface area contributed by atoms with Gasteiger partial charge in [0, 0.05) is 31.1 Å². The van der Waals surface area contributed by atoms with Gasteiger partial charge in [-0.1, -0.05) is 11.6 Å². The highest BCUT2D eigenvalue weighted by Crippen LogP contribution is 2.21. The van der Waals surface area contributed by atoms with Gasteiger partial charge in [-0.25, -0.2) is 8.42 Å². The van der Waals surface area contributed by atoms with E-state index in [0.29, 0.717) is 23.7 Å². The average Bonchev–Trinajstić information content (AvgIpc) is 3.03. The second-order valence-corrected chi connectivity index (χ2v) is 8.20. The number of sulfonamides is 1. The predicted molar refractivity (Wildman–Crippen MR) is 94.9 cm³/mol. The van der Waals surface area contributed by atoms with Crippen molar-refractivity contribution in [3.63, 3.8) is 0 Å². The van der Waals surface area contributed by atoms with Gasteiger partial charge in [0.2, 0.25) is 15.9 Å². The second kappa shape index (κ2) is 8.69. The van der Waals surface area contributed by atoms with Crippen molar-refractivity contribution >= 4 is 33.2 Å². The molecule has 0 bridgehead atoms. The zero-order valence-electron chi connectivity index (χ0n) is 13.7. The largest absolute Gasteiger partial charge is 0.376 e. The highest BCUT2D eigenvalue weighted by atomic mass is 35.5. The number of rotatable bonds is 8. The predicted octanol–water partition coefficient (Wildman–Crippen LogP) is 2.18. The monoisotopic (exact) mass is 374 g/mol. The Kier molecular flexibility index (Phi) is 6.89. The molecule has 24 heavy (non-hydrogen) atoms. The molecule has 1 aliphatic rings. The van der Waals surface area contributed by atoms with E-state index in [9.17, 15) is 13.2 Å². The molecule has 1 heterocycles. The van der Waals surface area contributed by atoms with E-state index in [4.69, 9.17) is 16.3 Å². The van der Waals surface area contributed by atoms with Crippen LogP contribution in [0.5, 0.6) is 0 Å². The van der Waals surface area contributed by atoms with Crippen LogP contribution in [-0.4, -0.2) is 46.4 Å². The normalized spacial score (nSPS) is 17.7. The van der Waals surface area contributed by atoms with Crippen LogP contribution in [0.3, 0.4) is 0 Å². The van der Waals surface area contributed by atoms with Crippen molar-refractivity contribution in [3.8, 4) is 0 Å². The van der Waals surface area contributed by atoms with E-state index in [1.165, 1.54) is 4.31 Å². The van der Waals surface area contributed by atoms with Gasteiger partial charge >= 0.3 is 0 Å². The molecular formula is C16H23ClN2O4S. The molecule has 134 valence electrons. The summed E-state index contributed by atoms with van der Waals surface area (Å²) < 4.78 is 30.7. The summed E-state index contributed by atoms with van der Waals surface area (Å²) in [4.78, 5) is 11.9. The zero-order chi connectivity index (χ0) is 17.6. The lowest BCUT2D eigenvalue weighted by Gasteiger charge is -2.22. The first-order valence-corrected chi connectivity index (χ1v) is 10.2. The number of hydrogen-bond acceptors (Lipinski definition) is 4. The van der Waals surface area contributed by atoms with Crippen LogP contribution in [0.1, 0.15) is 25.7 Å². The van der Waals surface area contributed by atoms with E-state index >= 15 is 0 Å². The van der Waals surface area contributed by atoms with Crippen molar-refractivity contribution in [2.45, 2.75) is 31.8 Å². The highest BCUT2D eigenvalue weighted by molar-refractivity contribution is 7.92. The number of benzene rings is 1.